The van der Waals surface area contributed by atoms with Crippen molar-refractivity contribution >= 4 is 0 Å². The average Bonchev–Trinajstić information content (AvgIpc) is 2.81. The molecule has 2 saturated carbocycles. The molecule has 0 aliphatic heterocycles. The Balaban J connectivity index is 1.92. The first kappa shape index (κ1) is 9.55. The third-order valence-corrected chi connectivity index (χ3v) is 4.25. The molecular formula is C13H24. The molecule has 0 bridgehead atoms. The van der Waals surface area contributed by atoms with Gasteiger partial charge in [-0.3, -0.25) is 0 Å². The summed E-state index contributed by atoms with van der Waals surface area (Å²) in [7, 11) is 0. The highest BCUT2D eigenvalue weighted by molar-refractivity contribution is 4.92. The molecule has 0 nitrogen and oxygen atoms in total. The highest BCUT2D eigenvalue weighted by Crippen LogP contribution is 2.51. The molecule has 0 heteroatoms. The quantitative estimate of drug-likeness (QED) is 0.566. The Kier molecular flexibility index (Phi) is 2.96. The molecule has 2 aliphatic rings. The van der Waals surface area contributed by atoms with Crippen molar-refractivity contribution in [2.24, 2.45) is 23.7 Å². The summed E-state index contributed by atoms with van der Waals surface area (Å²) in [6, 6.07) is 0. The van der Waals surface area contributed by atoms with Crippen molar-refractivity contribution in [1.29, 1.82) is 0 Å². The molecule has 0 spiro atoms. The summed E-state index contributed by atoms with van der Waals surface area (Å²) in [5, 5.41) is 0. The van der Waals surface area contributed by atoms with Gasteiger partial charge in [0, 0.05) is 0 Å². The molecule has 2 fully saturated rings. The van der Waals surface area contributed by atoms with E-state index in [2.05, 4.69) is 13.8 Å². The molecule has 2 rings (SSSR count). The maximum atomic E-state index is 2.43. The first-order chi connectivity index (χ1) is 6.29. The van der Waals surface area contributed by atoms with Gasteiger partial charge in [0.15, 0.2) is 0 Å². The van der Waals surface area contributed by atoms with Crippen molar-refractivity contribution in [3.8, 4) is 0 Å². The van der Waals surface area contributed by atoms with Crippen molar-refractivity contribution in [2.45, 2.75) is 58.8 Å². The third kappa shape index (κ3) is 2.27. The van der Waals surface area contributed by atoms with E-state index in [4.69, 9.17) is 0 Å². The standard InChI is InChI=1S/C13H24/c1-10(2)12-8-6-4-3-5-7-11-9-13(11)12/h10-13H,3-9H2,1-2H3. The van der Waals surface area contributed by atoms with Crippen LogP contribution in [0.25, 0.3) is 0 Å². The molecule has 76 valence electrons. The molecule has 3 unspecified atom stereocenters. The van der Waals surface area contributed by atoms with Crippen LogP contribution in [0, 0.1) is 23.7 Å². The molecule has 3 atom stereocenters. The second-order valence-electron chi connectivity index (χ2n) is 5.56. The molecule has 0 heterocycles. The molecular weight excluding hydrogens is 156 g/mol. The third-order valence-electron chi connectivity index (χ3n) is 4.25. The lowest BCUT2D eigenvalue weighted by atomic mass is 9.86. The van der Waals surface area contributed by atoms with Crippen LogP contribution in [0.4, 0.5) is 0 Å². The summed E-state index contributed by atoms with van der Waals surface area (Å²) < 4.78 is 0. The second-order valence-corrected chi connectivity index (χ2v) is 5.56. The van der Waals surface area contributed by atoms with Gasteiger partial charge in [-0.25, -0.2) is 0 Å². The van der Waals surface area contributed by atoms with Crippen molar-refractivity contribution in [2.75, 3.05) is 0 Å². The predicted octanol–water partition coefficient (Wildman–Crippen LogP) is 4.25. The topological polar surface area (TPSA) is 0 Å². The van der Waals surface area contributed by atoms with E-state index >= 15 is 0 Å². The van der Waals surface area contributed by atoms with Gasteiger partial charge in [-0.1, -0.05) is 46.0 Å². The fourth-order valence-electron chi connectivity index (χ4n) is 3.31. The zero-order chi connectivity index (χ0) is 9.26. The fourth-order valence-corrected chi connectivity index (χ4v) is 3.31. The van der Waals surface area contributed by atoms with Crippen LogP contribution in [0.15, 0.2) is 0 Å². The number of fused-ring (bicyclic) bond motifs is 1. The van der Waals surface area contributed by atoms with Crippen LogP contribution in [0.1, 0.15) is 58.8 Å². The van der Waals surface area contributed by atoms with Crippen molar-refractivity contribution in [3.05, 3.63) is 0 Å². The van der Waals surface area contributed by atoms with Gasteiger partial charge in [-0.2, -0.15) is 0 Å². The minimum atomic E-state index is 0.938. The Morgan fingerprint density at radius 1 is 0.923 bits per heavy atom. The van der Waals surface area contributed by atoms with E-state index in [1.165, 1.54) is 32.1 Å². The molecule has 13 heavy (non-hydrogen) atoms. The van der Waals surface area contributed by atoms with Gasteiger partial charge in [0.2, 0.25) is 0 Å². The van der Waals surface area contributed by atoms with Crippen LogP contribution in [-0.2, 0) is 0 Å². The summed E-state index contributed by atoms with van der Waals surface area (Å²) in [4.78, 5) is 0. The number of rotatable bonds is 1. The molecule has 2 aliphatic carbocycles. The van der Waals surface area contributed by atoms with Crippen molar-refractivity contribution in [1.82, 2.24) is 0 Å². The van der Waals surface area contributed by atoms with Gasteiger partial charge >= 0.3 is 0 Å². The Bertz CT molecular complexity index is 159. The molecule has 0 amide bonds. The Morgan fingerprint density at radius 3 is 2.31 bits per heavy atom. The summed E-state index contributed by atoms with van der Waals surface area (Å²) in [6.45, 7) is 4.86. The monoisotopic (exact) mass is 180 g/mol. The van der Waals surface area contributed by atoms with Gasteiger partial charge < -0.3 is 0 Å². The normalized spacial score (nSPS) is 40.4. The zero-order valence-corrected chi connectivity index (χ0v) is 9.26. The van der Waals surface area contributed by atoms with Gasteiger partial charge in [0.25, 0.3) is 0 Å². The second kappa shape index (κ2) is 4.02. The van der Waals surface area contributed by atoms with E-state index in [9.17, 15) is 0 Å². The van der Waals surface area contributed by atoms with E-state index < -0.39 is 0 Å². The fraction of sp³-hybridized carbons (Fsp3) is 1.00. The number of hydrogen-bond donors (Lipinski definition) is 0. The maximum absolute atomic E-state index is 2.43. The lowest BCUT2D eigenvalue weighted by Gasteiger charge is -2.20. The van der Waals surface area contributed by atoms with E-state index in [1.807, 2.05) is 0 Å². The summed E-state index contributed by atoms with van der Waals surface area (Å²) in [6.07, 6.45) is 10.7. The van der Waals surface area contributed by atoms with E-state index in [-0.39, 0.29) is 0 Å². The van der Waals surface area contributed by atoms with Crippen LogP contribution in [0.3, 0.4) is 0 Å². The minimum absolute atomic E-state index is 0.938. The van der Waals surface area contributed by atoms with Gasteiger partial charge in [-0.15, -0.1) is 0 Å². The Morgan fingerprint density at radius 2 is 1.62 bits per heavy atom. The zero-order valence-electron chi connectivity index (χ0n) is 9.26. The van der Waals surface area contributed by atoms with Gasteiger partial charge in [-0.05, 0) is 36.5 Å². The van der Waals surface area contributed by atoms with Crippen LogP contribution in [-0.4, -0.2) is 0 Å². The molecule has 0 aromatic carbocycles. The lowest BCUT2D eigenvalue weighted by Crippen LogP contribution is -2.11. The van der Waals surface area contributed by atoms with Crippen molar-refractivity contribution < 1.29 is 0 Å². The van der Waals surface area contributed by atoms with E-state index in [1.54, 1.807) is 12.8 Å². The molecule has 0 radical (unpaired) electrons. The molecule has 0 aromatic rings. The average molecular weight is 180 g/mol. The van der Waals surface area contributed by atoms with Crippen molar-refractivity contribution in [3.63, 3.8) is 0 Å². The first-order valence-electron chi connectivity index (χ1n) is 6.29. The summed E-state index contributed by atoms with van der Waals surface area (Å²) in [5.41, 5.74) is 0. The van der Waals surface area contributed by atoms with Crippen LogP contribution >= 0.6 is 0 Å². The van der Waals surface area contributed by atoms with Crippen LogP contribution in [0.5, 0.6) is 0 Å². The maximum Gasteiger partial charge on any atom is -0.0352 e. The minimum Gasteiger partial charge on any atom is -0.0625 e. The lowest BCUT2D eigenvalue weighted by molar-refractivity contribution is 0.298. The van der Waals surface area contributed by atoms with E-state index in [0.717, 1.165) is 23.7 Å². The predicted molar refractivity (Wildman–Crippen MR) is 57.6 cm³/mol. The SMILES string of the molecule is CC(C)C1CCCCCCC2CC21. The highest BCUT2D eigenvalue weighted by atomic mass is 14.5. The van der Waals surface area contributed by atoms with Gasteiger partial charge in [0.05, 0.1) is 0 Å². The number of hydrogen-bond acceptors (Lipinski definition) is 0. The highest BCUT2D eigenvalue weighted by Gasteiger charge is 2.42. The smallest absolute Gasteiger partial charge is 0.0352 e. The Hall–Kier alpha value is 0. The largest absolute Gasteiger partial charge is 0.0625 e. The van der Waals surface area contributed by atoms with Gasteiger partial charge in [0.1, 0.15) is 0 Å². The first-order valence-corrected chi connectivity index (χ1v) is 6.29. The molecule has 0 aromatic heterocycles. The molecule has 0 saturated heterocycles. The van der Waals surface area contributed by atoms with E-state index in [0.29, 0.717) is 0 Å². The molecule has 0 N–H and O–H groups in total. The van der Waals surface area contributed by atoms with Crippen LogP contribution < -0.4 is 0 Å². The summed E-state index contributed by atoms with van der Waals surface area (Å²) >= 11 is 0. The Labute approximate surface area is 83.1 Å². The van der Waals surface area contributed by atoms with Crippen LogP contribution in [0.2, 0.25) is 0 Å². The summed E-state index contributed by atoms with van der Waals surface area (Å²) in [5.74, 6) is 4.29.